The third-order valence-corrected chi connectivity index (χ3v) is 3.38. The van der Waals surface area contributed by atoms with Crippen LogP contribution in [0, 0.1) is 5.82 Å². The molecule has 0 nitrogen and oxygen atoms in total. The summed E-state index contributed by atoms with van der Waals surface area (Å²) in [6.07, 6.45) is -5.78. The van der Waals surface area contributed by atoms with Gasteiger partial charge in [0.25, 0.3) is 0 Å². The molecule has 2 rings (SSSR count). The van der Waals surface area contributed by atoms with Gasteiger partial charge in [-0.15, -0.1) is 11.6 Å². The summed E-state index contributed by atoms with van der Waals surface area (Å²) in [6, 6.07) is 7.04. The average molecular weight is 313 g/mol. The molecular weight excluding hydrogens is 306 g/mol. The SMILES string of the molecule is Fc1ccc(C(Cl)C(F)(F)C(F)(F)F)c2ccccc12. The predicted octanol–water partition coefficient (Wildman–Crippen LogP) is 5.46. The van der Waals surface area contributed by atoms with Gasteiger partial charge >= 0.3 is 12.1 Å². The van der Waals surface area contributed by atoms with Gasteiger partial charge in [-0.25, -0.2) is 4.39 Å². The van der Waals surface area contributed by atoms with E-state index in [1.54, 1.807) is 0 Å². The van der Waals surface area contributed by atoms with Crippen LogP contribution in [-0.4, -0.2) is 12.1 Å². The number of halogens is 7. The van der Waals surface area contributed by atoms with Gasteiger partial charge in [0.2, 0.25) is 0 Å². The van der Waals surface area contributed by atoms with Crippen molar-refractivity contribution >= 4 is 22.4 Å². The summed E-state index contributed by atoms with van der Waals surface area (Å²) in [7, 11) is 0. The smallest absolute Gasteiger partial charge is 0.206 e. The van der Waals surface area contributed by atoms with Crippen molar-refractivity contribution in [1.82, 2.24) is 0 Å². The minimum absolute atomic E-state index is 0.0615. The summed E-state index contributed by atoms with van der Waals surface area (Å²) in [5.41, 5.74) is -0.467. The molecule has 7 heteroatoms. The number of rotatable bonds is 2. The molecule has 0 aromatic heterocycles. The Morgan fingerprint density at radius 1 is 0.850 bits per heavy atom. The molecule has 0 fully saturated rings. The van der Waals surface area contributed by atoms with Crippen molar-refractivity contribution in [2.24, 2.45) is 0 Å². The van der Waals surface area contributed by atoms with Gasteiger partial charge in [-0.1, -0.05) is 30.3 Å². The van der Waals surface area contributed by atoms with E-state index in [4.69, 9.17) is 11.6 Å². The lowest BCUT2D eigenvalue weighted by molar-refractivity contribution is -0.283. The molecule has 0 saturated carbocycles. The number of benzene rings is 2. The molecule has 0 saturated heterocycles. The van der Waals surface area contributed by atoms with Crippen LogP contribution in [0.15, 0.2) is 36.4 Å². The lowest BCUT2D eigenvalue weighted by atomic mass is 9.98. The summed E-state index contributed by atoms with van der Waals surface area (Å²) in [5.74, 6) is -5.83. The maximum atomic E-state index is 13.5. The minimum atomic E-state index is -5.78. The van der Waals surface area contributed by atoms with Gasteiger partial charge < -0.3 is 0 Å². The Morgan fingerprint density at radius 3 is 1.95 bits per heavy atom. The normalized spacial score (nSPS) is 14.6. The summed E-state index contributed by atoms with van der Waals surface area (Å²) in [6.45, 7) is 0. The van der Waals surface area contributed by atoms with Crippen LogP contribution >= 0.6 is 11.6 Å². The first kappa shape index (κ1) is 15.0. The zero-order valence-electron chi connectivity index (χ0n) is 9.69. The van der Waals surface area contributed by atoms with Crippen molar-refractivity contribution in [3.05, 3.63) is 47.8 Å². The van der Waals surface area contributed by atoms with E-state index in [9.17, 15) is 26.3 Å². The Kier molecular flexibility index (Phi) is 3.62. The van der Waals surface area contributed by atoms with Crippen molar-refractivity contribution < 1.29 is 26.3 Å². The maximum Gasteiger partial charge on any atom is 0.455 e. The molecule has 2 aromatic rings. The second-order valence-electron chi connectivity index (χ2n) is 4.17. The third-order valence-electron chi connectivity index (χ3n) is 2.87. The standard InChI is InChI=1S/C13H7ClF6/c14-11(12(16,17)13(18,19)20)9-5-6-10(15)8-4-2-1-3-7(8)9/h1-6,11H. The first-order chi connectivity index (χ1) is 9.16. The molecule has 1 unspecified atom stereocenters. The monoisotopic (exact) mass is 312 g/mol. The summed E-state index contributed by atoms with van der Waals surface area (Å²) < 4.78 is 77.1. The van der Waals surface area contributed by atoms with Crippen molar-refractivity contribution in [2.75, 3.05) is 0 Å². The highest BCUT2D eigenvalue weighted by Crippen LogP contribution is 2.49. The van der Waals surface area contributed by atoms with Gasteiger partial charge in [0, 0.05) is 5.39 Å². The quantitative estimate of drug-likeness (QED) is 0.510. The van der Waals surface area contributed by atoms with Gasteiger partial charge in [0.15, 0.2) is 0 Å². The summed E-state index contributed by atoms with van der Waals surface area (Å²) >= 11 is 5.32. The van der Waals surface area contributed by atoms with Gasteiger partial charge in [0.1, 0.15) is 11.2 Å². The van der Waals surface area contributed by atoms with Gasteiger partial charge in [-0.2, -0.15) is 22.0 Å². The number of hydrogen-bond acceptors (Lipinski definition) is 0. The highest BCUT2D eigenvalue weighted by Gasteiger charge is 2.62. The van der Waals surface area contributed by atoms with E-state index < -0.39 is 28.9 Å². The largest absolute Gasteiger partial charge is 0.455 e. The van der Waals surface area contributed by atoms with Crippen molar-refractivity contribution in [3.8, 4) is 0 Å². The second kappa shape index (κ2) is 4.84. The lowest BCUT2D eigenvalue weighted by Gasteiger charge is -2.25. The molecule has 0 aliphatic carbocycles. The zero-order valence-corrected chi connectivity index (χ0v) is 10.4. The van der Waals surface area contributed by atoms with Crippen LogP contribution < -0.4 is 0 Å². The van der Waals surface area contributed by atoms with E-state index in [0.717, 1.165) is 12.1 Å². The fourth-order valence-corrected chi connectivity index (χ4v) is 2.16. The lowest BCUT2D eigenvalue weighted by Crippen LogP contribution is -2.40. The van der Waals surface area contributed by atoms with E-state index in [2.05, 4.69) is 0 Å². The number of alkyl halides is 6. The van der Waals surface area contributed by atoms with Crippen LogP contribution in [0.25, 0.3) is 10.8 Å². The molecule has 108 valence electrons. The maximum absolute atomic E-state index is 13.5. The molecule has 0 bridgehead atoms. The number of fused-ring (bicyclic) bond motifs is 1. The zero-order chi connectivity index (χ0) is 15.1. The van der Waals surface area contributed by atoms with Crippen LogP contribution in [-0.2, 0) is 0 Å². The van der Waals surface area contributed by atoms with Crippen LogP contribution in [0.4, 0.5) is 26.3 Å². The third kappa shape index (κ3) is 2.32. The molecule has 0 heterocycles. The average Bonchev–Trinajstić information content (AvgIpc) is 2.37. The van der Waals surface area contributed by atoms with Crippen LogP contribution in [0.3, 0.4) is 0 Å². The van der Waals surface area contributed by atoms with E-state index >= 15 is 0 Å². The fourth-order valence-electron chi connectivity index (χ4n) is 1.85. The molecule has 0 radical (unpaired) electrons. The van der Waals surface area contributed by atoms with E-state index in [1.807, 2.05) is 0 Å². The number of hydrogen-bond donors (Lipinski definition) is 0. The van der Waals surface area contributed by atoms with Crippen LogP contribution in [0.2, 0.25) is 0 Å². The Bertz CT molecular complexity index is 634. The van der Waals surface area contributed by atoms with Gasteiger partial charge in [-0.05, 0) is 17.0 Å². The molecule has 0 aliphatic rings. The predicted molar refractivity (Wildman–Crippen MR) is 63.5 cm³/mol. The Labute approximate surface area is 115 Å². The first-order valence-electron chi connectivity index (χ1n) is 5.42. The van der Waals surface area contributed by atoms with Gasteiger partial charge in [0.05, 0.1) is 0 Å². The summed E-state index contributed by atoms with van der Waals surface area (Å²) in [5, 5.41) is -2.77. The van der Waals surface area contributed by atoms with E-state index in [-0.39, 0.29) is 10.8 Å². The Balaban J connectivity index is 2.62. The van der Waals surface area contributed by atoms with Crippen molar-refractivity contribution in [3.63, 3.8) is 0 Å². The van der Waals surface area contributed by atoms with Crippen molar-refractivity contribution in [1.29, 1.82) is 0 Å². The molecule has 0 spiro atoms. The molecule has 0 aliphatic heterocycles. The molecular formula is C13H7ClF6. The van der Waals surface area contributed by atoms with Gasteiger partial charge in [-0.3, -0.25) is 0 Å². The fraction of sp³-hybridized carbons (Fsp3) is 0.231. The molecule has 0 N–H and O–H groups in total. The van der Waals surface area contributed by atoms with E-state index in [1.165, 1.54) is 24.3 Å². The first-order valence-corrected chi connectivity index (χ1v) is 5.85. The van der Waals surface area contributed by atoms with Crippen LogP contribution in [0.5, 0.6) is 0 Å². The second-order valence-corrected chi connectivity index (χ2v) is 4.60. The summed E-state index contributed by atoms with van der Waals surface area (Å²) in [4.78, 5) is 0. The topological polar surface area (TPSA) is 0 Å². The molecule has 2 aromatic carbocycles. The molecule has 1 atom stereocenters. The van der Waals surface area contributed by atoms with Crippen LogP contribution in [0.1, 0.15) is 10.9 Å². The van der Waals surface area contributed by atoms with Crippen molar-refractivity contribution in [2.45, 2.75) is 17.5 Å². The molecule has 20 heavy (non-hydrogen) atoms. The minimum Gasteiger partial charge on any atom is -0.206 e. The Hall–Kier alpha value is -1.43. The van der Waals surface area contributed by atoms with E-state index in [0.29, 0.717) is 0 Å². The highest BCUT2D eigenvalue weighted by molar-refractivity contribution is 6.22. The highest BCUT2D eigenvalue weighted by atomic mass is 35.5. The molecule has 0 amide bonds. The Morgan fingerprint density at radius 2 is 1.40 bits per heavy atom.